The predicted octanol–water partition coefficient (Wildman–Crippen LogP) is 3.19. The topological polar surface area (TPSA) is 37.3 Å². The molecule has 1 N–H and O–H groups in total. The first kappa shape index (κ1) is 14.9. The van der Waals surface area contributed by atoms with Gasteiger partial charge in [-0.2, -0.15) is 0 Å². The lowest BCUT2D eigenvalue weighted by atomic mass is 10.1. The molecule has 0 bridgehead atoms. The lowest BCUT2D eigenvalue weighted by molar-refractivity contribution is 0.168. The first-order valence-electron chi connectivity index (χ1n) is 5.96. The maximum atomic E-state index is 12.4. The van der Waals surface area contributed by atoms with Gasteiger partial charge in [0.2, 0.25) is 0 Å². The van der Waals surface area contributed by atoms with E-state index in [1.165, 1.54) is 0 Å². The van der Waals surface area contributed by atoms with E-state index >= 15 is 0 Å². The van der Waals surface area contributed by atoms with E-state index in [0.717, 1.165) is 5.56 Å². The molecule has 0 fully saturated rings. The summed E-state index contributed by atoms with van der Waals surface area (Å²) in [6.07, 6.45) is 2.48. The van der Waals surface area contributed by atoms with Crippen LogP contribution >= 0.6 is 0 Å². The smallest absolute Gasteiger partial charge is 0.0899 e. The monoisotopic (exact) mass is 264 g/mol. The molecule has 18 heavy (non-hydrogen) atoms. The highest BCUT2D eigenvalue weighted by molar-refractivity contribution is 7.89. The van der Waals surface area contributed by atoms with Gasteiger partial charge in [-0.3, -0.25) is 0 Å². The van der Waals surface area contributed by atoms with Crippen molar-refractivity contribution in [2.24, 2.45) is 5.92 Å². The molecule has 0 amide bonds. The summed E-state index contributed by atoms with van der Waals surface area (Å²) in [7, 11) is -1.34. The van der Waals surface area contributed by atoms with E-state index < -0.39 is 16.9 Å². The molecule has 0 saturated carbocycles. The van der Waals surface area contributed by atoms with Crippen LogP contribution in [0.5, 0.6) is 0 Å². The summed E-state index contributed by atoms with van der Waals surface area (Å²) >= 11 is 0. The lowest BCUT2D eigenvalue weighted by Crippen LogP contribution is -2.20. The molecule has 2 nitrogen and oxygen atoms in total. The highest BCUT2D eigenvalue weighted by Gasteiger charge is 2.21. The van der Waals surface area contributed by atoms with Gasteiger partial charge in [0, 0.05) is 9.80 Å². The summed E-state index contributed by atoms with van der Waals surface area (Å²) in [4.78, 5) is 1.21. The Bertz CT molecular complexity index is 458. The molecule has 1 aromatic carbocycles. The van der Waals surface area contributed by atoms with Crippen LogP contribution in [0.25, 0.3) is 0 Å². The normalized spacial score (nSPS) is 15.5. The molecule has 0 aliphatic heterocycles. The number of aliphatic hydroxyl groups excluding tert-OH is 1. The first-order valence-corrected chi connectivity index (χ1v) is 7.11. The van der Waals surface area contributed by atoms with Gasteiger partial charge in [0.1, 0.15) is 0 Å². The van der Waals surface area contributed by atoms with Crippen molar-refractivity contribution < 1.29 is 9.32 Å². The van der Waals surface area contributed by atoms with E-state index in [1.54, 1.807) is 12.2 Å². The Morgan fingerprint density at radius 1 is 1.33 bits per heavy atom. The van der Waals surface area contributed by atoms with Gasteiger partial charge in [0.05, 0.1) is 16.9 Å². The van der Waals surface area contributed by atoms with Crippen LogP contribution in [0.3, 0.4) is 0 Å². The largest absolute Gasteiger partial charge is 0.388 e. The maximum Gasteiger partial charge on any atom is 0.0899 e. The Morgan fingerprint density at radius 2 is 1.89 bits per heavy atom. The van der Waals surface area contributed by atoms with E-state index in [1.807, 2.05) is 45.0 Å². The number of aliphatic hydroxyl groups is 1. The maximum absolute atomic E-state index is 12.4. The third-order valence-electron chi connectivity index (χ3n) is 2.65. The number of rotatable bonds is 5. The Kier molecular flexibility index (Phi) is 5.51. The Morgan fingerprint density at radius 3 is 2.33 bits per heavy atom. The van der Waals surface area contributed by atoms with E-state index in [4.69, 9.17) is 0 Å². The minimum absolute atomic E-state index is 0.0191. The Balaban J connectivity index is 3.08. The summed E-state index contributed by atoms with van der Waals surface area (Å²) in [5.41, 5.74) is 1.12. The molecule has 0 aliphatic carbocycles. The zero-order valence-electron chi connectivity index (χ0n) is 11.1. The average molecular weight is 264 g/mol. The van der Waals surface area contributed by atoms with Crippen LogP contribution in [-0.2, 0) is 10.8 Å². The van der Waals surface area contributed by atoms with Crippen LogP contribution in [0.2, 0.25) is 0 Å². The fourth-order valence-corrected chi connectivity index (χ4v) is 2.88. The van der Waals surface area contributed by atoms with Gasteiger partial charge in [-0.05, 0) is 31.1 Å². The molecule has 0 aliphatic rings. The molecule has 98 valence electrons. The van der Waals surface area contributed by atoms with Gasteiger partial charge in [-0.15, -0.1) is 0 Å². The average Bonchev–Trinajstić information content (AvgIpc) is 2.35. The fraction of sp³-hybridized carbons (Fsp3) is 0.333. The number of benzene rings is 1. The SMILES string of the molecule is C=C/C=C(\[C@H](O)C(C)C)[S@@](=O)c1ccc(C)cc1. The third-order valence-corrected chi connectivity index (χ3v) is 4.16. The van der Waals surface area contributed by atoms with Crippen LogP contribution < -0.4 is 0 Å². The van der Waals surface area contributed by atoms with Crippen molar-refractivity contribution in [3.05, 3.63) is 53.5 Å². The number of hydrogen-bond donors (Lipinski definition) is 1. The standard InChI is InChI=1S/C15H20O2S/c1-5-6-14(15(16)11(2)3)18(17)13-9-7-12(4)8-10-13/h5-11,15-16H,1H2,2-4H3/b14-6+/t15-,18+/m1/s1. The van der Waals surface area contributed by atoms with Gasteiger partial charge >= 0.3 is 0 Å². The lowest BCUT2D eigenvalue weighted by Gasteiger charge is -2.17. The molecule has 0 unspecified atom stereocenters. The van der Waals surface area contributed by atoms with Crippen LogP contribution in [0, 0.1) is 12.8 Å². The van der Waals surface area contributed by atoms with E-state index in [0.29, 0.717) is 9.80 Å². The zero-order chi connectivity index (χ0) is 13.7. The summed E-state index contributed by atoms with van der Waals surface area (Å²) in [6, 6.07) is 7.49. The Labute approximate surface area is 112 Å². The minimum atomic E-state index is -1.34. The molecule has 0 aromatic heterocycles. The van der Waals surface area contributed by atoms with Gasteiger partial charge in [-0.1, -0.05) is 44.2 Å². The third kappa shape index (κ3) is 3.65. The summed E-state index contributed by atoms with van der Waals surface area (Å²) in [5, 5.41) is 10.1. The van der Waals surface area contributed by atoms with Crippen LogP contribution in [0.4, 0.5) is 0 Å². The van der Waals surface area contributed by atoms with Crippen LogP contribution in [0.15, 0.2) is 52.8 Å². The number of hydrogen-bond acceptors (Lipinski definition) is 2. The van der Waals surface area contributed by atoms with Crippen molar-refractivity contribution in [3.63, 3.8) is 0 Å². The first-order chi connectivity index (χ1) is 8.47. The van der Waals surface area contributed by atoms with Gasteiger partial charge in [0.15, 0.2) is 0 Å². The van der Waals surface area contributed by atoms with Crippen molar-refractivity contribution in [2.75, 3.05) is 0 Å². The molecular weight excluding hydrogens is 244 g/mol. The molecule has 1 aromatic rings. The van der Waals surface area contributed by atoms with Crippen LogP contribution in [-0.4, -0.2) is 15.4 Å². The number of allylic oxidation sites excluding steroid dienone is 2. The molecule has 0 saturated heterocycles. The molecule has 0 radical (unpaired) electrons. The van der Waals surface area contributed by atoms with Crippen molar-refractivity contribution in [1.29, 1.82) is 0 Å². The van der Waals surface area contributed by atoms with Crippen molar-refractivity contribution in [3.8, 4) is 0 Å². The minimum Gasteiger partial charge on any atom is -0.388 e. The van der Waals surface area contributed by atoms with Crippen molar-refractivity contribution in [1.82, 2.24) is 0 Å². The second-order valence-electron chi connectivity index (χ2n) is 4.58. The van der Waals surface area contributed by atoms with Crippen LogP contribution in [0.1, 0.15) is 19.4 Å². The molecular formula is C15H20O2S. The Hall–Kier alpha value is -1.19. The summed E-state index contributed by atoms with van der Waals surface area (Å²) in [5.74, 6) is 0.0191. The van der Waals surface area contributed by atoms with Crippen molar-refractivity contribution in [2.45, 2.75) is 31.8 Å². The summed E-state index contributed by atoms with van der Waals surface area (Å²) in [6.45, 7) is 9.39. The number of aryl methyl sites for hydroxylation is 1. The van der Waals surface area contributed by atoms with Gasteiger partial charge in [-0.25, -0.2) is 4.21 Å². The zero-order valence-corrected chi connectivity index (χ0v) is 11.9. The highest BCUT2D eigenvalue weighted by atomic mass is 32.2. The van der Waals surface area contributed by atoms with Crippen molar-refractivity contribution >= 4 is 10.8 Å². The van der Waals surface area contributed by atoms with E-state index in [-0.39, 0.29) is 5.92 Å². The molecule has 0 spiro atoms. The van der Waals surface area contributed by atoms with Gasteiger partial charge in [0.25, 0.3) is 0 Å². The molecule has 3 heteroatoms. The quantitative estimate of drug-likeness (QED) is 0.829. The van der Waals surface area contributed by atoms with E-state index in [2.05, 4.69) is 6.58 Å². The summed E-state index contributed by atoms with van der Waals surface area (Å²) < 4.78 is 12.4. The molecule has 0 heterocycles. The fourth-order valence-electron chi connectivity index (χ4n) is 1.51. The van der Waals surface area contributed by atoms with E-state index in [9.17, 15) is 9.32 Å². The molecule has 2 atom stereocenters. The molecule has 1 rings (SSSR count). The highest BCUT2D eigenvalue weighted by Crippen LogP contribution is 2.22. The van der Waals surface area contributed by atoms with Gasteiger partial charge < -0.3 is 5.11 Å². The second-order valence-corrected chi connectivity index (χ2v) is 6.06. The predicted molar refractivity (Wildman–Crippen MR) is 76.7 cm³/mol. The second kappa shape index (κ2) is 6.66.